The summed E-state index contributed by atoms with van der Waals surface area (Å²) in [6, 6.07) is 0. The molecule has 126 valence electrons. The second-order valence-corrected chi connectivity index (χ2v) is 5.71. The first-order chi connectivity index (χ1) is 11.0. The molecule has 1 aromatic rings. The van der Waals surface area contributed by atoms with Gasteiger partial charge < -0.3 is 19.9 Å². The summed E-state index contributed by atoms with van der Waals surface area (Å²) in [5, 5.41) is 2.53. The summed E-state index contributed by atoms with van der Waals surface area (Å²) in [5.74, 6) is 0.826. The molecule has 1 atom stereocenters. The number of ether oxygens (including phenoxy) is 1. The van der Waals surface area contributed by atoms with Gasteiger partial charge in [0.1, 0.15) is 6.10 Å². The van der Waals surface area contributed by atoms with Gasteiger partial charge in [0, 0.05) is 40.0 Å². The zero-order chi connectivity index (χ0) is 16.8. The molecule has 0 radical (unpaired) electrons. The van der Waals surface area contributed by atoms with Crippen molar-refractivity contribution in [2.45, 2.75) is 25.9 Å². The maximum atomic E-state index is 12.1. The van der Waals surface area contributed by atoms with Gasteiger partial charge in [0.15, 0.2) is 5.82 Å². The van der Waals surface area contributed by atoms with E-state index in [1.54, 1.807) is 17.3 Å². The molecule has 23 heavy (non-hydrogen) atoms. The smallest absolute Gasteiger partial charge is 0.257 e. The van der Waals surface area contributed by atoms with Crippen molar-refractivity contribution in [3.63, 3.8) is 0 Å². The third-order valence-corrected chi connectivity index (χ3v) is 3.57. The minimum atomic E-state index is -0.210. The van der Waals surface area contributed by atoms with Crippen LogP contribution in [-0.4, -0.2) is 66.5 Å². The van der Waals surface area contributed by atoms with Gasteiger partial charge in [0.05, 0.1) is 13.1 Å². The molecule has 1 aromatic heterocycles. The number of piperidine rings is 1. The van der Waals surface area contributed by atoms with Crippen molar-refractivity contribution in [2.75, 3.05) is 38.6 Å². The van der Waals surface area contributed by atoms with Gasteiger partial charge in [-0.25, -0.2) is 9.97 Å². The van der Waals surface area contributed by atoms with E-state index in [-0.39, 0.29) is 24.5 Å². The fraction of sp³-hybridized carbons (Fsp3) is 0.600. The maximum Gasteiger partial charge on any atom is 0.257 e. The molecule has 1 aliphatic rings. The van der Waals surface area contributed by atoms with Gasteiger partial charge in [0.25, 0.3) is 5.88 Å². The predicted octanol–water partition coefficient (Wildman–Crippen LogP) is 0.0485. The average molecular weight is 321 g/mol. The number of rotatable bonds is 5. The highest BCUT2D eigenvalue weighted by molar-refractivity contribution is 5.83. The van der Waals surface area contributed by atoms with Crippen LogP contribution in [0.15, 0.2) is 12.4 Å². The number of likely N-dealkylation sites (tertiary alicyclic amines) is 1. The van der Waals surface area contributed by atoms with Gasteiger partial charge in [-0.15, -0.1) is 0 Å². The third-order valence-electron chi connectivity index (χ3n) is 3.57. The van der Waals surface area contributed by atoms with Gasteiger partial charge in [-0.1, -0.05) is 0 Å². The molecule has 0 bridgehead atoms. The number of amides is 2. The maximum absolute atomic E-state index is 12.1. The van der Waals surface area contributed by atoms with E-state index < -0.39 is 0 Å². The minimum Gasteiger partial charge on any atom is -0.470 e. The van der Waals surface area contributed by atoms with Crippen molar-refractivity contribution in [1.82, 2.24) is 20.2 Å². The van der Waals surface area contributed by atoms with E-state index in [1.165, 1.54) is 6.92 Å². The Hall–Kier alpha value is -2.38. The quantitative estimate of drug-likeness (QED) is 0.824. The molecule has 0 aliphatic carbocycles. The molecule has 1 saturated heterocycles. The lowest BCUT2D eigenvalue weighted by Crippen LogP contribution is -2.47. The lowest BCUT2D eigenvalue weighted by atomic mass is 10.1. The first-order valence-corrected chi connectivity index (χ1v) is 7.64. The largest absolute Gasteiger partial charge is 0.470 e. The Labute approximate surface area is 135 Å². The molecule has 0 unspecified atom stereocenters. The topological polar surface area (TPSA) is 87.7 Å². The van der Waals surface area contributed by atoms with Crippen molar-refractivity contribution in [3.8, 4) is 5.88 Å². The van der Waals surface area contributed by atoms with E-state index in [4.69, 9.17) is 4.74 Å². The fourth-order valence-corrected chi connectivity index (χ4v) is 2.44. The van der Waals surface area contributed by atoms with Crippen LogP contribution in [0.5, 0.6) is 5.88 Å². The molecule has 1 aliphatic heterocycles. The molecule has 8 heteroatoms. The Morgan fingerprint density at radius 1 is 1.39 bits per heavy atom. The molecule has 0 spiro atoms. The molecule has 1 fully saturated rings. The van der Waals surface area contributed by atoms with E-state index in [9.17, 15) is 9.59 Å². The van der Waals surface area contributed by atoms with E-state index >= 15 is 0 Å². The Balaban J connectivity index is 1.96. The van der Waals surface area contributed by atoms with Crippen molar-refractivity contribution in [1.29, 1.82) is 0 Å². The van der Waals surface area contributed by atoms with Crippen molar-refractivity contribution >= 4 is 17.6 Å². The normalized spacial score (nSPS) is 17.5. The summed E-state index contributed by atoms with van der Waals surface area (Å²) in [7, 11) is 3.75. The van der Waals surface area contributed by atoms with Crippen molar-refractivity contribution in [3.05, 3.63) is 12.4 Å². The Morgan fingerprint density at radius 3 is 2.83 bits per heavy atom. The van der Waals surface area contributed by atoms with E-state index in [2.05, 4.69) is 15.3 Å². The minimum absolute atomic E-state index is 0.0240. The molecular formula is C15H23N5O3. The number of hydrogen-bond donors (Lipinski definition) is 1. The number of aromatic nitrogens is 2. The zero-order valence-electron chi connectivity index (χ0n) is 13.8. The Kier molecular flexibility index (Phi) is 5.72. The van der Waals surface area contributed by atoms with Crippen LogP contribution in [0.4, 0.5) is 5.82 Å². The molecule has 2 rings (SSSR count). The van der Waals surface area contributed by atoms with Crippen LogP contribution in [0.3, 0.4) is 0 Å². The van der Waals surface area contributed by atoms with Crippen LogP contribution in [0, 0.1) is 0 Å². The van der Waals surface area contributed by atoms with Crippen LogP contribution in [0.2, 0.25) is 0 Å². The molecule has 2 amide bonds. The van der Waals surface area contributed by atoms with Crippen LogP contribution in [-0.2, 0) is 9.59 Å². The summed E-state index contributed by atoms with van der Waals surface area (Å²) in [4.78, 5) is 35.1. The number of anilines is 1. The second-order valence-electron chi connectivity index (χ2n) is 5.71. The number of carbonyl (C=O) groups excluding carboxylic acids is 2. The van der Waals surface area contributed by atoms with E-state index in [0.717, 1.165) is 12.8 Å². The zero-order valence-corrected chi connectivity index (χ0v) is 13.8. The average Bonchev–Trinajstić information content (AvgIpc) is 2.53. The highest BCUT2D eigenvalue weighted by Crippen LogP contribution is 2.24. The number of hydrogen-bond acceptors (Lipinski definition) is 6. The first kappa shape index (κ1) is 17.0. The SMILES string of the molecule is CC(=O)NCC(=O)N1CCC[C@@H](Oc2nccnc2N(C)C)C1. The lowest BCUT2D eigenvalue weighted by molar-refractivity contribution is -0.134. The van der Waals surface area contributed by atoms with Gasteiger partial charge in [-0.3, -0.25) is 9.59 Å². The van der Waals surface area contributed by atoms with Gasteiger partial charge in [-0.05, 0) is 12.8 Å². The summed E-state index contributed by atoms with van der Waals surface area (Å²) in [6.45, 7) is 2.59. The summed E-state index contributed by atoms with van der Waals surface area (Å²) in [5.41, 5.74) is 0. The van der Waals surface area contributed by atoms with Crippen molar-refractivity contribution in [2.24, 2.45) is 0 Å². The molecular weight excluding hydrogens is 298 g/mol. The van der Waals surface area contributed by atoms with Gasteiger partial charge >= 0.3 is 0 Å². The summed E-state index contributed by atoms with van der Waals surface area (Å²) in [6.07, 6.45) is 4.79. The highest BCUT2D eigenvalue weighted by atomic mass is 16.5. The molecule has 0 saturated carbocycles. The molecule has 0 aromatic carbocycles. The summed E-state index contributed by atoms with van der Waals surface area (Å²) < 4.78 is 5.96. The second kappa shape index (κ2) is 7.75. The lowest BCUT2D eigenvalue weighted by Gasteiger charge is -2.33. The molecule has 8 nitrogen and oxygen atoms in total. The third kappa shape index (κ3) is 4.80. The molecule has 2 heterocycles. The monoisotopic (exact) mass is 321 g/mol. The van der Waals surface area contributed by atoms with Crippen LogP contribution < -0.4 is 15.0 Å². The summed E-state index contributed by atoms with van der Waals surface area (Å²) >= 11 is 0. The van der Waals surface area contributed by atoms with E-state index in [0.29, 0.717) is 24.8 Å². The standard InChI is InChI=1S/C15H23N5O3/c1-11(21)18-9-13(22)20-8-4-5-12(10-20)23-15-14(19(2)3)16-6-7-17-15/h6-7,12H,4-5,8-10H2,1-3H3,(H,18,21)/t12-/m1/s1. The fourth-order valence-electron chi connectivity index (χ4n) is 2.44. The van der Waals surface area contributed by atoms with E-state index in [1.807, 2.05) is 19.0 Å². The molecule has 1 N–H and O–H groups in total. The predicted molar refractivity (Wildman–Crippen MR) is 85.3 cm³/mol. The highest BCUT2D eigenvalue weighted by Gasteiger charge is 2.26. The Morgan fingerprint density at radius 2 is 2.13 bits per heavy atom. The number of nitrogens with zero attached hydrogens (tertiary/aromatic N) is 4. The van der Waals surface area contributed by atoms with Crippen molar-refractivity contribution < 1.29 is 14.3 Å². The first-order valence-electron chi connectivity index (χ1n) is 7.64. The number of carbonyl (C=O) groups is 2. The van der Waals surface area contributed by atoms with Gasteiger partial charge in [-0.2, -0.15) is 0 Å². The van der Waals surface area contributed by atoms with Crippen LogP contribution >= 0.6 is 0 Å². The van der Waals surface area contributed by atoms with Crippen LogP contribution in [0.1, 0.15) is 19.8 Å². The van der Waals surface area contributed by atoms with Crippen LogP contribution in [0.25, 0.3) is 0 Å². The van der Waals surface area contributed by atoms with Gasteiger partial charge in [0.2, 0.25) is 11.8 Å². The Bertz CT molecular complexity index is 564. The number of nitrogens with one attached hydrogen (secondary N) is 1.